The van der Waals surface area contributed by atoms with Gasteiger partial charge in [-0.15, -0.1) is 0 Å². The number of Topliss-reactive ketones (excluding diaryl/α,β-unsaturated/α-hetero) is 2. The zero-order chi connectivity index (χ0) is 21.4. The van der Waals surface area contributed by atoms with E-state index < -0.39 is 23.9 Å². The largest absolute Gasteiger partial charge is 0.390 e. The van der Waals surface area contributed by atoms with Crippen molar-refractivity contribution in [2.45, 2.75) is 25.9 Å². The van der Waals surface area contributed by atoms with Gasteiger partial charge in [-0.3, -0.25) is 9.59 Å². The first-order valence-electron chi connectivity index (χ1n) is 8.97. The number of carbonyl (C=O) groups excluding carboxylic acids is 2. The van der Waals surface area contributed by atoms with E-state index in [-0.39, 0.29) is 18.0 Å². The molecule has 0 aliphatic heterocycles. The van der Waals surface area contributed by atoms with Gasteiger partial charge in [0.15, 0.2) is 11.6 Å². The highest BCUT2D eigenvalue weighted by Gasteiger charge is 2.34. The lowest BCUT2D eigenvalue weighted by molar-refractivity contribution is -0.133. The Morgan fingerprint density at radius 2 is 1.45 bits per heavy atom. The molecule has 0 aromatic heterocycles. The van der Waals surface area contributed by atoms with Gasteiger partial charge >= 0.3 is 0 Å². The minimum atomic E-state index is -1.41. The summed E-state index contributed by atoms with van der Waals surface area (Å²) in [6, 6.07) is 12.3. The Balaban J connectivity index is 2.06. The van der Waals surface area contributed by atoms with E-state index >= 15 is 0 Å². The van der Waals surface area contributed by atoms with Crippen molar-refractivity contribution in [3.8, 4) is 23.7 Å². The van der Waals surface area contributed by atoms with Crippen LogP contribution in [0.1, 0.15) is 41.8 Å². The highest BCUT2D eigenvalue weighted by atomic mass is 19.1. The first-order valence-corrected chi connectivity index (χ1v) is 8.97. The Hall–Kier alpha value is -3.25. The Kier molecular flexibility index (Phi) is 7.45. The third-order valence-corrected chi connectivity index (χ3v) is 4.31. The molecule has 0 amide bonds. The van der Waals surface area contributed by atoms with E-state index in [2.05, 4.69) is 23.7 Å². The Labute approximate surface area is 169 Å². The van der Waals surface area contributed by atoms with Gasteiger partial charge in [-0.2, -0.15) is 0 Å². The predicted octanol–water partition coefficient (Wildman–Crippen LogP) is 2.75. The molecule has 0 aliphatic carbocycles. The van der Waals surface area contributed by atoms with Gasteiger partial charge < -0.3 is 10.2 Å². The van der Waals surface area contributed by atoms with Gasteiger partial charge in [-0.25, -0.2) is 4.39 Å². The summed E-state index contributed by atoms with van der Waals surface area (Å²) in [5.74, 6) is 8.82. The van der Waals surface area contributed by atoms with E-state index in [1.165, 1.54) is 26.0 Å². The van der Waals surface area contributed by atoms with Crippen molar-refractivity contribution in [3.63, 3.8) is 0 Å². The molecule has 0 bridgehead atoms. The molecule has 29 heavy (non-hydrogen) atoms. The summed E-state index contributed by atoms with van der Waals surface area (Å²) in [5.41, 5.74) is 0.276. The van der Waals surface area contributed by atoms with Gasteiger partial charge in [0, 0.05) is 23.1 Å². The fourth-order valence-electron chi connectivity index (χ4n) is 2.65. The van der Waals surface area contributed by atoms with E-state index in [4.69, 9.17) is 5.11 Å². The van der Waals surface area contributed by atoms with E-state index in [9.17, 15) is 19.1 Å². The number of ketones is 2. The molecule has 0 fully saturated rings. The minimum Gasteiger partial charge on any atom is -0.390 e. The van der Waals surface area contributed by atoms with Crippen molar-refractivity contribution in [2.24, 2.45) is 5.92 Å². The fraction of sp³-hybridized carbons (Fsp3) is 0.250. The molecule has 0 heterocycles. The van der Waals surface area contributed by atoms with E-state index in [0.29, 0.717) is 16.7 Å². The summed E-state index contributed by atoms with van der Waals surface area (Å²) in [6.45, 7) is 2.14. The minimum absolute atomic E-state index is 0.197. The molecule has 2 aromatic rings. The lowest BCUT2D eigenvalue weighted by atomic mass is 9.82. The van der Waals surface area contributed by atoms with Gasteiger partial charge in [0.2, 0.25) is 0 Å². The van der Waals surface area contributed by atoms with E-state index in [1.807, 2.05) is 0 Å². The third-order valence-electron chi connectivity index (χ3n) is 4.31. The molecule has 5 heteroatoms. The van der Waals surface area contributed by atoms with Gasteiger partial charge in [-0.1, -0.05) is 24.0 Å². The highest BCUT2D eigenvalue weighted by molar-refractivity contribution is 5.99. The Bertz CT molecular complexity index is 992. The summed E-state index contributed by atoms with van der Waals surface area (Å²) in [5, 5.41) is 19.2. The van der Waals surface area contributed by atoms with Crippen LogP contribution in [0.5, 0.6) is 0 Å². The molecule has 0 radical (unpaired) electrons. The monoisotopic (exact) mass is 392 g/mol. The number of hydrogen-bond donors (Lipinski definition) is 2. The predicted molar refractivity (Wildman–Crippen MR) is 107 cm³/mol. The SMILES string of the molecule is CC(C)(O)[C@H](CC(=O)c1ccc(C#CC#Cc2ccc(F)cc2)cc1)C(=O)CO. The van der Waals surface area contributed by atoms with Crippen LogP contribution in [-0.4, -0.2) is 34.0 Å². The normalized spacial score (nSPS) is 11.5. The zero-order valence-electron chi connectivity index (χ0n) is 16.2. The third kappa shape index (κ3) is 6.69. The Morgan fingerprint density at radius 3 is 1.90 bits per heavy atom. The summed E-state index contributed by atoms with van der Waals surface area (Å²) < 4.78 is 12.8. The van der Waals surface area contributed by atoms with Crippen LogP contribution in [0.25, 0.3) is 0 Å². The maximum atomic E-state index is 12.8. The Morgan fingerprint density at radius 1 is 0.966 bits per heavy atom. The molecule has 0 saturated carbocycles. The van der Waals surface area contributed by atoms with Crippen molar-refractivity contribution in [1.29, 1.82) is 0 Å². The van der Waals surface area contributed by atoms with Gasteiger partial charge in [0.1, 0.15) is 12.4 Å². The molecular formula is C24H21FO4. The number of benzene rings is 2. The summed E-state index contributed by atoms with van der Waals surface area (Å²) >= 11 is 0. The number of halogens is 1. The van der Waals surface area contributed by atoms with E-state index in [1.54, 1.807) is 36.4 Å². The number of aliphatic hydroxyl groups excluding tert-OH is 1. The maximum Gasteiger partial charge on any atom is 0.164 e. The molecule has 1 atom stereocenters. The number of aliphatic hydroxyl groups is 2. The van der Waals surface area contributed by atoms with Crippen LogP contribution in [0.2, 0.25) is 0 Å². The van der Waals surface area contributed by atoms with Crippen LogP contribution in [0.15, 0.2) is 48.5 Å². The molecule has 0 unspecified atom stereocenters. The summed E-state index contributed by atoms with van der Waals surface area (Å²) in [4.78, 5) is 24.3. The molecule has 2 N–H and O–H groups in total. The van der Waals surface area contributed by atoms with Crippen molar-refractivity contribution < 1.29 is 24.2 Å². The van der Waals surface area contributed by atoms with Crippen LogP contribution in [0, 0.1) is 35.4 Å². The summed E-state index contributed by atoms with van der Waals surface area (Å²) in [6.07, 6.45) is -0.197. The topological polar surface area (TPSA) is 74.6 Å². The van der Waals surface area contributed by atoms with Crippen molar-refractivity contribution >= 4 is 11.6 Å². The molecule has 0 aliphatic rings. The second-order valence-electron chi connectivity index (χ2n) is 7.04. The number of rotatable bonds is 6. The molecule has 2 rings (SSSR count). The maximum absolute atomic E-state index is 12.8. The molecule has 2 aromatic carbocycles. The average molecular weight is 392 g/mol. The molecule has 0 spiro atoms. The second kappa shape index (κ2) is 9.80. The first-order chi connectivity index (χ1) is 13.7. The average Bonchev–Trinajstić information content (AvgIpc) is 2.69. The quantitative estimate of drug-likeness (QED) is 0.586. The van der Waals surface area contributed by atoms with Gasteiger partial charge in [-0.05, 0) is 62.1 Å². The number of hydrogen-bond acceptors (Lipinski definition) is 4. The zero-order valence-corrected chi connectivity index (χ0v) is 16.2. The summed E-state index contributed by atoms with van der Waals surface area (Å²) in [7, 11) is 0. The fourth-order valence-corrected chi connectivity index (χ4v) is 2.65. The van der Waals surface area contributed by atoms with Crippen LogP contribution in [0.3, 0.4) is 0 Å². The van der Waals surface area contributed by atoms with Crippen molar-refractivity contribution in [1.82, 2.24) is 0 Å². The molecule has 148 valence electrons. The van der Waals surface area contributed by atoms with Crippen LogP contribution >= 0.6 is 0 Å². The van der Waals surface area contributed by atoms with Gasteiger partial charge in [0.05, 0.1) is 11.5 Å². The highest BCUT2D eigenvalue weighted by Crippen LogP contribution is 2.23. The second-order valence-corrected chi connectivity index (χ2v) is 7.04. The van der Waals surface area contributed by atoms with Crippen LogP contribution in [-0.2, 0) is 4.79 Å². The van der Waals surface area contributed by atoms with Crippen molar-refractivity contribution in [2.75, 3.05) is 6.61 Å². The molecular weight excluding hydrogens is 371 g/mol. The molecule has 0 saturated heterocycles. The smallest absolute Gasteiger partial charge is 0.164 e. The van der Waals surface area contributed by atoms with Gasteiger partial charge in [0.25, 0.3) is 0 Å². The van der Waals surface area contributed by atoms with Crippen LogP contribution in [0.4, 0.5) is 4.39 Å². The van der Waals surface area contributed by atoms with Crippen LogP contribution < -0.4 is 0 Å². The van der Waals surface area contributed by atoms with Crippen molar-refractivity contribution in [3.05, 3.63) is 71.0 Å². The lowest BCUT2D eigenvalue weighted by Crippen LogP contribution is -2.39. The first kappa shape index (κ1) is 22.0. The lowest BCUT2D eigenvalue weighted by Gasteiger charge is -2.27. The number of carbonyl (C=O) groups is 2. The standard InChI is InChI=1S/C24H21FO4/c1-24(2,29)21(23(28)16-26)15-22(27)19-11-7-17(8-12-19)5-3-4-6-18-9-13-20(25)14-10-18/h7-14,21,26,29H,15-16H2,1-2H3/t21-/m1/s1. The molecule has 4 nitrogen and oxygen atoms in total. The van der Waals surface area contributed by atoms with E-state index in [0.717, 1.165) is 0 Å².